The normalized spacial score (nSPS) is 15.0. The van der Waals surface area contributed by atoms with Gasteiger partial charge in [0.25, 0.3) is 0 Å². The third kappa shape index (κ3) is 9.26. The fraction of sp³-hybridized carbons (Fsp3) is 0.378. The number of hydrogen-bond acceptors (Lipinski definition) is 10. The molecule has 0 radical (unpaired) electrons. The summed E-state index contributed by atoms with van der Waals surface area (Å²) in [5.41, 5.74) is 2.46. The topological polar surface area (TPSA) is 124 Å². The molecule has 10 nitrogen and oxygen atoms in total. The van der Waals surface area contributed by atoms with Gasteiger partial charge in [-0.1, -0.05) is 59.6 Å². The molecule has 2 atom stereocenters. The van der Waals surface area contributed by atoms with Gasteiger partial charge in [-0.2, -0.15) is 0 Å². The molecule has 5 rings (SSSR count). The van der Waals surface area contributed by atoms with E-state index in [9.17, 15) is 19.9 Å². The van der Waals surface area contributed by atoms with E-state index in [2.05, 4.69) is 17.3 Å². The van der Waals surface area contributed by atoms with E-state index >= 15 is 0 Å². The van der Waals surface area contributed by atoms with Gasteiger partial charge < -0.3 is 29.0 Å². The molecule has 1 aliphatic heterocycles. The fourth-order valence-corrected chi connectivity index (χ4v) is 7.80. The molecular weight excluding hydrogens is 701 g/mol. The van der Waals surface area contributed by atoms with Crippen LogP contribution in [-0.4, -0.2) is 62.5 Å². The number of nitrogens with zero attached hydrogens (tertiary/aromatic N) is 2. The molecule has 1 aliphatic rings. The van der Waals surface area contributed by atoms with E-state index < -0.39 is 17.9 Å². The zero-order chi connectivity index (χ0) is 35.8. The lowest BCUT2D eigenvalue weighted by Crippen LogP contribution is -2.34. The Kier molecular flexibility index (Phi) is 13.0. The summed E-state index contributed by atoms with van der Waals surface area (Å²) in [5.74, 6) is -0.975. The minimum absolute atomic E-state index is 0.0297. The molecule has 2 N–H and O–H groups in total. The highest BCUT2D eigenvalue weighted by molar-refractivity contribution is 7.14. The van der Waals surface area contributed by atoms with Crippen molar-refractivity contribution >= 4 is 46.5 Å². The molecular formula is C37H41Cl2N3O7S. The van der Waals surface area contributed by atoms with Crippen LogP contribution in [0.25, 0.3) is 0 Å². The number of rotatable bonds is 15. The maximum absolute atomic E-state index is 13.5. The molecule has 4 aromatic rings. The van der Waals surface area contributed by atoms with Crippen LogP contribution in [0, 0.1) is 5.92 Å². The average molecular weight is 743 g/mol. The van der Waals surface area contributed by atoms with Gasteiger partial charge in [-0.25, -0.2) is 4.79 Å². The molecule has 1 saturated heterocycles. The Morgan fingerprint density at radius 3 is 2.40 bits per heavy atom. The van der Waals surface area contributed by atoms with Crippen LogP contribution in [-0.2, 0) is 22.5 Å². The smallest absolute Gasteiger partial charge is 0.327 e. The molecule has 1 fully saturated rings. The van der Waals surface area contributed by atoms with Crippen molar-refractivity contribution in [2.45, 2.75) is 44.7 Å². The summed E-state index contributed by atoms with van der Waals surface area (Å²) >= 11 is 14.2. The molecule has 0 saturated carbocycles. The predicted molar refractivity (Wildman–Crippen MR) is 189 cm³/mol. The van der Waals surface area contributed by atoms with Gasteiger partial charge >= 0.3 is 5.97 Å². The van der Waals surface area contributed by atoms with Crippen molar-refractivity contribution in [3.63, 3.8) is 0 Å². The molecule has 0 bridgehead atoms. The number of likely N-dealkylation sites (tertiary alicyclic amines) is 1. The molecule has 0 amide bonds. The van der Waals surface area contributed by atoms with Gasteiger partial charge in [0.15, 0.2) is 11.5 Å². The average Bonchev–Trinajstić information content (AvgIpc) is 3.53. The zero-order valence-electron chi connectivity index (χ0n) is 28.2. The number of carboxylic acid groups (broad SMARTS) is 1. The summed E-state index contributed by atoms with van der Waals surface area (Å²) in [6, 6.07) is 15.8. The first-order valence-electron chi connectivity index (χ1n) is 16.4. The number of pyridine rings is 1. The third-order valence-corrected chi connectivity index (χ3v) is 10.7. The standard InChI is InChI=1S/C37H41Cl2N3O7S/c1-4-48-33-16-25(10-11-32(33)47-3)27(18-29-30(38)20-42(46)21-31(29)39)28-17-26(50-35(28)36(43)44)19-40-34(24-8-6-5-7-9-24)37(45)49-22-23-12-14-41(2)15-13-23/h5-11,16-17,20-21,23,27,34,40H,4,12-15,18-19,22H2,1-3H3,(H-,43,44,46). The van der Waals surface area contributed by atoms with Crippen molar-refractivity contribution in [1.82, 2.24) is 10.2 Å². The lowest BCUT2D eigenvalue weighted by molar-refractivity contribution is -0.904. The van der Waals surface area contributed by atoms with E-state index in [1.807, 2.05) is 49.4 Å². The van der Waals surface area contributed by atoms with E-state index in [4.69, 9.17) is 37.4 Å². The van der Waals surface area contributed by atoms with Crippen molar-refractivity contribution < 1.29 is 38.8 Å². The van der Waals surface area contributed by atoms with Gasteiger partial charge in [0, 0.05) is 27.6 Å². The molecule has 50 heavy (non-hydrogen) atoms. The Morgan fingerprint density at radius 1 is 1.06 bits per heavy atom. The number of aromatic carboxylic acids is 1. The summed E-state index contributed by atoms with van der Waals surface area (Å²) in [6.45, 7) is 4.72. The van der Waals surface area contributed by atoms with Gasteiger partial charge in [-0.05, 0) is 87.1 Å². The van der Waals surface area contributed by atoms with Crippen LogP contribution in [0.1, 0.15) is 68.5 Å². The number of thiophene rings is 1. The maximum Gasteiger partial charge on any atom is 0.327 e. The Morgan fingerprint density at radius 2 is 1.76 bits per heavy atom. The first-order valence-corrected chi connectivity index (χ1v) is 18.0. The van der Waals surface area contributed by atoms with Crippen LogP contribution in [0.3, 0.4) is 0 Å². The van der Waals surface area contributed by atoms with Crippen LogP contribution >= 0.6 is 34.5 Å². The van der Waals surface area contributed by atoms with Crippen molar-refractivity contribution in [2.24, 2.45) is 5.92 Å². The largest absolute Gasteiger partial charge is 0.544 e. The van der Waals surface area contributed by atoms with Crippen molar-refractivity contribution in [3.05, 3.63) is 109 Å². The Bertz CT molecular complexity index is 1760. The number of carboxylic acids is 1. The van der Waals surface area contributed by atoms with Gasteiger partial charge in [-0.3, -0.25) is 10.5 Å². The van der Waals surface area contributed by atoms with Crippen LogP contribution in [0.5, 0.6) is 11.5 Å². The maximum atomic E-state index is 13.5. The lowest BCUT2D eigenvalue weighted by Gasteiger charge is -2.29. The van der Waals surface area contributed by atoms with Crippen LogP contribution in [0.2, 0.25) is 10.0 Å². The zero-order valence-corrected chi connectivity index (χ0v) is 30.5. The van der Waals surface area contributed by atoms with Gasteiger partial charge in [0.05, 0.1) is 31.2 Å². The summed E-state index contributed by atoms with van der Waals surface area (Å²) < 4.78 is 18.0. The third-order valence-electron chi connectivity index (χ3n) is 8.89. The summed E-state index contributed by atoms with van der Waals surface area (Å²) in [4.78, 5) is 29.1. The van der Waals surface area contributed by atoms with Crippen molar-refractivity contribution in [2.75, 3.05) is 40.5 Å². The Hall–Kier alpha value is -3.87. The number of halogens is 2. The molecule has 2 aromatic carbocycles. The predicted octanol–water partition coefficient (Wildman–Crippen LogP) is 5.44. The number of carbonyl (C=O) groups is 2. The molecule has 13 heteroatoms. The van der Waals surface area contributed by atoms with Gasteiger partial charge in [-0.15, -0.1) is 11.3 Å². The molecule has 0 spiro atoms. The van der Waals surface area contributed by atoms with E-state index in [1.54, 1.807) is 19.2 Å². The highest BCUT2D eigenvalue weighted by atomic mass is 35.5. The Balaban J connectivity index is 1.47. The van der Waals surface area contributed by atoms with Crippen LogP contribution in [0.4, 0.5) is 0 Å². The Labute approximate surface area is 306 Å². The fourth-order valence-electron chi connectivity index (χ4n) is 6.19. The molecule has 3 heterocycles. The quantitative estimate of drug-likeness (QED) is 0.0932. The first kappa shape index (κ1) is 37.4. The first-order chi connectivity index (χ1) is 24.1. The SMILES string of the molecule is CCOc1cc(C(Cc2c(Cl)c[n+](O)cc2Cl)c2cc(CNC(C(=O)OCC3CCN(C)CC3)c3ccccc3)sc2C(=O)[O-])ccc1OC. The minimum Gasteiger partial charge on any atom is -0.544 e. The monoisotopic (exact) mass is 741 g/mol. The second-order valence-corrected chi connectivity index (χ2v) is 14.2. The number of hydrogen-bond donors (Lipinski definition) is 2. The summed E-state index contributed by atoms with van der Waals surface area (Å²) in [6.07, 6.45) is 4.77. The number of piperidine rings is 1. The highest BCUT2D eigenvalue weighted by Crippen LogP contribution is 2.41. The number of esters is 1. The highest BCUT2D eigenvalue weighted by Gasteiger charge is 2.28. The lowest BCUT2D eigenvalue weighted by atomic mass is 9.85. The number of methoxy groups -OCH3 is 1. The second-order valence-electron chi connectivity index (χ2n) is 12.3. The second kappa shape index (κ2) is 17.4. The van der Waals surface area contributed by atoms with E-state index in [0.717, 1.165) is 53.1 Å². The van der Waals surface area contributed by atoms with E-state index in [-0.39, 0.29) is 33.9 Å². The molecule has 266 valence electrons. The van der Waals surface area contributed by atoms with E-state index in [1.165, 1.54) is 12.4 Å². The number of aromatic nitrogens is 1. The molecule has 2 aromatic heterocycles. The van der Waals surface area contributed by atoms with Crippen molar-refractivity contribution in [1.29, 1.82) is 0 Å². The number of carbonyl (C=O) groups excluding carboxylic acids is 2. The number of ether oxygens (including phenoxy) is 3. The van der Waals surface area contributed by atoms with Crippen molar-refractivity contribution in [3.8, 4) is 11.5 Å². The molecule has 0 aliphatic carbocycles. The van der Waals surface area contributed by atoms with Gasteiger partial charge in [0.2, 0.25) is 12.4 Å². The number of benzene rings is 2. The van der Waals surface area contributed by atoms with Gasteiger partial charge in [0.1, 0.15) is 16.1 Å². The molecule has 2 unspecified atom stereocenters. The summed E-state index contributed by atoms with van der Waals surface area (Å²) in [7, 11) is 3.63. The number of nitrogens with one attached hydrogen (secondary N) is 1. The summed E-state index contributed by atoms with van der Waals surface area (Å²) in [5, 5.41) is 26.4. The van der Waals surface area contributed by atoms with E-state index in [0.29, 0.717) is 46.6 Å². The van der Waals surface area contributed by atoms with Crippen LogP contribution in [0.15, 0.2) is 67.0 Å². The van der Waals surface area contributed by atoms with Crippen LogP contribution < -0.4 is 24.6 Å². The minimum atomic E-state index is -1.34.